The van der Waals surface area contributed by atoms with E-state index in [9.17, 15) is 0 Å². The number of anilines is 2. The van der Waals surface area contributed by atoms with Crippen LogP contribution in [0.2, 0.25) is 10.0 Å². The van der Waals surface area contributed by atoms with Crippen molar-refractivity contribution in [1.82, 2.24) is 19.9 Å². The first-order valence-corrected chi connectivity index (χ1v) is 10.4. The van der Waals surface area contributed by atoms with Crippen molar-refractivity contribution < 1.29 is 9.47 Å². The summed E-state index contributed by atoms with van der Waals surface area (Å²) in [4.78, 5) is 16.7. The maximum atomic E-state index is 6.49. The number of fused-ring (bicyclic) bond motifs is 2. The standard InChI is InChI=1S/C23H17Cl2N5O2/c1-31-14-9-16-21(20(10-14)32-2)26-11-27-22(16)28-13-4-5-17(25)15(8-13)23-29-18-6-3-12(24)7-19(18)30-23/h3-11H,1-2H3,(H,29,30)(H,26,27,28). The Labute approximate surface area is 193 Å². The van der Waals surface area contributed by atoms with Gasteiger partial charge in [-0.15, -0.1) is 0 Å². The fourth-order valence-electron chi connectivity index (χ4n) is 3.51. The largest absolute Gasteiger partial charge is 0.497 e. The molecule has 2 heterocycles. The molecule has 7 nitrogen and oxygen atoms in total. The van der Waals surface area contributed by atoms with Crippen LogP contribution in [-0.2, 0) is 0 Å². The van der Waals surface area contributed by atoms with E-state index in [-0.39, 0.29) is 0 Å². The van der Waals surface area contributed by atoms with Gasteiger partial charge in [0.15, 0.2) is 0 Å². The van der Waals surface area contributed by atoms with E-state index in [0.717, 1.165) is 27.7 Å². The molecule has 0 saturated carbocycles. The maximum Gasteiger partial charge on any atom is 0.148 e. The summed E-state index contributed by atoms with van der Waals surface area (Å²) in [5, 5.41) is 5.31. The van der Waals surface area contributed by atoms with Gasteiger partial charge in [0.05, 0.1) is 35.7 Å². The van der Waals surface area contributed by atoms with Crippen LogP contribution in [0.3, 0.4) is 0 Å². The lowest BCUT2D eigenvalue weighted by Crippen LogP contribution is -1.99. The van der Waals surface area contributed by atoms with Crippen molar-refractivity contribution in [2.75, 3.05) is 19.5 Å². The molecule has 0 fully saturated rings. The monoisotopic (exact) mass is 465 g/mol. The van der Waals surface area contributed by atoms with Crippen LogP contribution in [0.5, 0.6) is 11.5 Å². The van der Waals surface area contributed by atoms with Gasteiger partial charge < -0.3 is 19.8 Å². The summed E-state index contributed by atoms with van der Waals surface area (Å²) in [6.45, 7) is 0. The number of rotatable bonds is 5. The Morgan fingerprint density at radius 3 is 2.62 bits per heavy atom. The Kier molecular flexibility index (Phi) is 5.20. The fraction of sp³-hybridized carbons (Fsp3) is 0.0870. The maximum absolute atomic E-state index is 6.49. The third kappa shape index (κ3) is 3.66. The first kappa shape index (κ1) is 20.4. The van der Waals surface area contributed by atoms with Crippen molar-refractivity contribution in [3.05, 3.63) is 64.9 Å². The minimum Gasteiger partial charge on any atom is -0.497 e. The average Bonchev–Trinajstić information content (AvgIpc) is 3.22. The van der Waals surface area contributed by atoms with Crippen LogP contribution in [0.4, 0.5) is 11.5 Å². The molecule has 0 saturated heterocycles. The lowest BCUT2D eigenvalue weighted by atomic mass is 10.1. The molecule has 0 aliphatic heterocycles. The van der Waals surface area contributed by atoms with Gasteiger partial charge >= 0.3 is 0 Å². The number of hydrogen-bond donors (Lipinski definition) is 2. The van der Waals surface area contributed by atoms with E-state index in [1.54, 1.807) is 26.4 Å². The molecular weight excluding hydrogens is 449 g/mol. The molecule has 0 aliphatic carbocycles. The highest BCUT2D eigenvalue weighted by atomic mass is 35.5. The summed E-state index contributed by atoms with van der Waals surface area (Å²) in [6.07, 6.45) is 1.49. The number of benzene rings is 3. The number of methoxy groups -OCH3 is 2. The van der Waals surface area contributed by atoms with Gasteiger partial charge in [-0.2, -0.15) is 0 Å². The summed E-state index contributed by atoms with van der Waals surface area (Å²) >= 11 is 12.6. The van der Waals surface area contributed by atoms with Crippen molar-refractivity contribution in [3.63, 3.8) is 0 Å². The van der Waals surface area contributed by atoms with Gasteiger partial charge in [0.2, 0.25) is 0 Å². The SMILES string of the molecule is COc1cc(OC)c2ncnc(Nc3ccc(Cl)c(-c4nc5ccc(Cl)cc5[nH]4)c3)c2c1. The fourth-order valence-corrected chi connectivity index (χ4v) is 3.89. The zero-order valence-corrected chi connectivity index (χ0v) is 18.6. The summed E-state index contributed by atoms with van der Waals surface area (Å²) < 4.78 is 10.9. The third-order valence-electron chi connectivity index (χ3n) is 5.06. The average molecular weight is 466 g/mol. The van der Waals surface area contributed by atoms with Gasteiger partial charge in [-0.05, 0) is 42.5 Å². The molecule has 0 atom stereocenters. The van der Waals surface area contributed by atoms with Gasteiger partial charge in [0.25, 0.3) is 0 Å². The second kappa shape index (κ2) is 8.18. The van der Waals surface area contributed by atoms with Crippen LogP contribution < -0.4 is 14.8 Å². The van der Waals surface area contributed by atoms with Crippen molar-refractivity contribution in [3.8, 4) is 22.9 Å². The molecule has 9 heteroatoms. The van der Waals surface area contributed by atoms with Crippen LogP contribution in [0.1, 0.15) is 0 Å². The number of nitrogens with one attached hydrogen (secondary N) is 2. The molecule has 0 spiro atoms. The number of H-pyrrole nitrogens is 1. The number of aromatic nitrogens is 4. The highest BCUT2D eigenvalue weighted by molar-refractivity contribution is 6.33. The van der Waals surface area contributed by atoms with E-state index in [0.29, 0.717) is 38.7 Å². The topological polar surface area (TPSA) is 84.9 Å². The highest BCUT2D eigenvalue weighted by Crippen LogP contribution is 2.35. The highest BCUT2D eigenvalue weighted by Gasteiger charge is 2.14. The Hall–Kier alpha value is -3.55. The summed E-state index contributed by atoms with van der Waals surface area (Å²) in [5.74, 6) is 2.50. The van der Waals surface area contributed by atoms with Crippen LogP contribution in [0, 0.1) is 0 Å². The second-order valence-corrected chi connectivity index (χ2v) is 7.86. The molecule has 3 aromatic carbocycles. The van der Waals surface area contributed by atoms with E-state index in [2.05, 4.69) is 25.3 Å². The van der Waals surface area contributed by atoms with Crippen molar-refractivity contribution in [2.45, 2.75) is 0 Å². The van der Waals surface area contributed by atoms with Crippen LogP contribution in [0.25, 0.3) is 33.3 Å². The van der Waals surface area contributed by atoms with Gasteiger partial charge in [0.1, 0.15) is 35.0 Å². The predicted molar refractivity (Wildman–Crippen MR) is 127 cm³/mol. The molecule has 2 aromatic heterocycles. The van der Waals surface area contributed by atoms with Gasteiger partial charge in [0, 0.05) is 22.3 Å². The quantitative estimate of drug-likeness (QED) is 0.319. The lowest BCUT2D eigenvalue weighted by molar-refractivity contribution is 0.397. The molecule has 2 N–H and O–H groups in total. The van der Waals surface area contributed by atoms with Gasteiger partial charge in [-0.3, -0.25) is 0 Å². The lowest BCUT2D eigenvalue weighted by Gasteiger charge is -2.13. The molecule has 0 bridgehead atoms. The zero-order valence-electron chi connectivity index (χ0n) is 17.1. The van der Waals surface area contributed by atoms with E-state index in [1.807, 2.05) is 36.4 Å². The molecule has 5 rings (SSSR count). The summed E-state index contributed by atoms with van der Waals surface area (Å²) in [7, 11) is 3.19. The third-order valence-corrected chi connectivity index (χ3v) is 5.63. The number of nitrogens with zero attached hydrogens (tertiary/aromatic N) is 3. The number of aromatic amines is 1. The number of ether oxygens (including phenoxy) is 2. The predicted octanol–water partition coefficient (Wildman–Crippen LogP) is 6.24. The summed E-state index contributed by atoms with van der Waals surface area (Å²) in [6, 6.07) is 14.7. The zero-order chi connectivity index (χ0) is 22.2. The molecule has 0 unspecified atom stereocenters. The van der Waals surface area contributed by atoms with Gasteiger partial charge in [-0.25, -0.2) is 15.0 Å². The summed E-state index contributed by atoms with van der Waals surface area (Å²) in [5.41, 5.74) is 3.85. The second-order valence-electron chi connectivity index (χ2n) is 7.01. The number of halogens is 2. The number of hydrogen-bond acceptors (Lipinski definition) is 6. The number of imidazole rings is 1. The first-order chi connectivity index (χ1) is 15.6. The van der Waals surface area contributed by atoms with Crippen LogP contribution in [0.15, 0.2) is 54.9 Å². The smallest absolute Gasteiger partial charge is 0.148 e. The molecule has 5 aromatic rings. The van der Waals surface area contributed by atoms with Crippen molar-refractivity contribution >= 4 is 56.6 Å². The molecule has 0 aliphatic rings. The Balaban J connectivity index is 1.57. The molecule has 32 heavy (non-hydrogen) atoms. The molecule has 160 valence electrons. The Morgan fingerprint density at radius 1 is 0.938 bits per heavy atom. The van der Waals surface area contributed by atoms with Crippen LogP contribution in [-0.4, -0.2) is 34.2 Å². The normalized spacial score (nSPS) is 11.1. The van der Waals surface area contributed by atoms with E-state index >= 15 is 0 Å². The van der Waals surface area contributed by atoms with Crippen molar-refractivity contribution in [2.24, 2.45) is 0 Å². The van der Waals surface area contributed by atoms with E-state index in [4.69, 9.17) is 32.7 Å². The Morgan fingerprint density at radius 2 is 1.81 bits per heavy atom. The molecular formula is C23H17Cl2N5O2. The molecule has 0 amide bonds. The van der Waals surface area contributed by atoms with E-state index < -0.39 is 0 Å². The van der Waals surface area contributed by atoms with E-state index in [1.165, 1.54) is 6.33 Å². The minimum atomic E-state index is 0.566. The minimum absolute atomic E-state index is 0.566. The van der Waals surface area contributed by atoms with Crippen LogP contribution >= 0.6 is 23.2 Å². The Bertz CT molecular complexity index is 1470. The van der Waals surface area contributed by atoms with Crippen molar-refractivity contribution in [1.29, 1.82) is 0 Å². The van der Waals surface area contributed by atoms with Gasteiger partial charge in [-0.1, -0.05) is 23.2 Å². The molecule has 0 radical (unpaired) electrons. The first-order valence-electron chi connectivity index (χ1n) is 9.64.